The molecule has 1 aromatic carbocycles. The topological polar surface area (TPSA) is 62.7 Å². The smallest absolute Gasteiger partial charge is 0.180 e. The van der Waals surface area contributed by atoms with E-state index in [4.69, 9.17) is 18.9 Å². The molecule has 2 aromatic heterocycles. The van der Waals surface area contributed by atoms with E-state index < -0.39 is 0 Å². The second-order valence-electron chi connectivity index (χ2n) is 6.98. The minimum atomic E-state index is -0.339. The molecule has 0 radical (unpaired) electrons. The Morgan fingerprint density at radius 3 is 2.37 bits per heavy atom. The largest absolute Gasteiger partial charge is 0.488 e. The fourth-order valence-corrected chi connectivity index (χ4v) is 5.16. The van der Waals surface area contributed by atoms with Crippen molar-refractivity contribution >= 4 is 34.1 Å². The van der Waals surface area contributed by atoms with Gasteiger partial charge in [-0.05, 0) is 19.4 Å². The van der Waals surface area contributed by atoms with E-state index in [9.17, 15) is 0 Å². The summed E-state index contributed by atoms with van der Waals surface area (Å²) in [6.07, 6.45) is 0. The van der Waals surface area contributed by atoms with Crippen LogP contribution in [0.3, 0.4) is 0 Å². The second kappa shape index (κ2) is 7.35. The van der Waals surface area contributed by atoms with Gasteiger partial charge in [-0.25, -0.2) is 0 Å². The van der Waals surface area contributed by atoms with E-state index >= 15 is 0 Å². The molecule has 0 amide bonds. The summed E-state index contributed by atoms with van der Waals surface area (Å²) in [5.41, 5.74) is 3.68. The van der Waals surface area contributed by atoms with E-state index in [0.717, 1.165) is 43.4 Å². The Balaban J connectivity index is 1.78. The highest BCUT2D eigenvalue weighted by molar-refractivity contribution is 7.16. The van der Waals surface area contributed by atoms with E-state index in [1.165, 1.54) is 11.7 Å². The van der Waals surface area contributed by atoms with Crippen molar-refractivity contribution in [1.82, 2.24) is 8.75 Å². The quantitative estimate of drug-likeness (QED) is 0.636. The molecule has 3 heterocycles. The van der Waals surface area contributed by atoms with Crippen LogP contribution in [0.4, 0.5) is 0 Å². The van der Waals surface area contributed by atoms with Crippen molar-refractivity contribution in [3.63, 3.8) is 0 Å². The number of rotatable bonds is 5. The van der Waals surface area contributed by atoms with Crippen LogP contribution in [0.25, 0.3) is 21.5 Å². The van der Waals surface area contributed by atoms with Crippen molar-refractivity contribution in [3.05, 3.63) is 22.6 Å². The first-order valence-corrected chi connectivity index (χ1v) is 10.2. The van der Waals surface area contributed by atoms with Gasteiger partial charge < -0.3 is 18.9 Å². The highest BCUT2D eigenvalue weighted by atomic mass is 32.1. The number of thiophene rings is 1. The molecule has 1 aliphatic rings. The first-order valence-electron chi connectivity index (χ1n) is 8.67. The average molecular weight is 407 g/mol. The van der Waals surface area contributed by atoms with Crippen LogP contribution in [0.5, 0.6) is 11.5 Å². The maximum Gasteiger partial charge on any atom is 0.180 e. The van der Waals surface area contributed by atoms with E-state index in [2.05, 4.69) is 34.7 Å². The molecule has 0 unspecified atom stereocenters. The van der Waals surface area contributed by atoms with Crippen LogP contribution in [0.15, 0.2) is 12.1 Å². The van der Waals surface area contributed by atoms with Crippen LogP contribution in [0.1, 0.15) is 10.4 Å². The van der Waals surface area contributed by atoms with E-state index in [1.54, 1.807) is 25.6 Å². The Labute approximate surface area is 166 Å². The molecular formula is C19H22N2O4S2. The second-order valence-corrected chi connectivity index (χ2v) is 8.73. The van der Waals surface area contributed by atoms with Crippen molar-refractivity contribution in [3.8, 4) is 21.9 Å². The van der Waals surface area contributed by atoms with Gasteiger partial charge >= 0.3 is 0 Å². The molecule has 0 spiro atoms. The van der Waals surface area contributed by atoms with Crippen molar-refractivity contribution in [2.24, 2.45) is 5.41 Å². The number of hydrogen-bond acceptors (Lipinski definition) is 8. The third-order valence-electron chi connectivity index (χ3n) is 4.80. The predicted molar refractivity (Wildman–Crippen MR) is 107 cm³/mol. The summed E-state index contributed by atoms with van der Waals surface area (Å²) in [5.74, 6) is 1.59. The summed E-state index contributed by atoms with van der Waals surface area (Å²) in [6, 6.07) is 4.18. The lowest BCUT2D eigenvalue weighted by molar-refractivity contribution is -0.0360. The Hall–Kier alpha value is -1.74. The minimum Gasteiger partial charge on any atom is -0.488 e. The maximum absolute atomic E-state index is 6.31. The number of hydrogen-bond donors (Lipinski definition) is 0. The first-order chi connectivity index (χ1) is 13.1. The average Bonchev–Trinajstić information content (AvgIpc) is 3.20. The standard InChI is InChI=1S/C19H22N2O4S2/c1-11-5-6-13(15-14(11)20-27-21-15)18-17-16(12(2)26-18)24-9-19(7-22-3,8-23-4)10-25-17/h5-6H,7-10H2,1-4H3. The van der Waals surface area contributed by atoms with Crippen LogP contribution in [0, 0.1) is 19.3 Å². The SMILES string of the molecule is COCC1(COC)COc2c(C)sc(-c3ccc(C)c4nsnc34)c2OC1. The van der Waals surface area contributed by atoms with Gasteiger partial charge in [-0.2, -0.15) is 8.75 Å². The van der Waals surface area contributed by atoms with Gasteiger partial charge in [0.1, 0.15) is 24.2 Å². The van der Waals surface area contributed by atoms with Crippen LogP contribution < -0.4 is 9.47 Å². The lowest BCUT2D eigenvalue weighted by Crippen LogP contribution is -2.42. The molecule has 0 atom stereocenters. The number of methoxy groups -OCH3 is 2. The van der Waals surface area contributed by atoms with Crippen molar-refractivity contribution in [1.29, 1.82) is 0 Å². The molecule has 144 valence electrons. The zero-order valence-corrected chi connectivity index (χ0v) is 17.5. The third kappa shape index (κ3) is 3.20. The molecule has 3 aromatic rings. The molecule has 0 saturated carbocycles. The number of nitrogens with zero attached hydrogens (tertiary/aromatic N) is 2. The van der Waals surface area contributed by atoms with Crippen molar-refractivity contribution in [2.75, 3.05) is 40.6 Å². The normalized spacial score (nSPS) is 15.9. The summed E-state index contributed by atoms with van der Waals surface area (Å²) in [4.78, 5) is 2.12. The van der Waals surface area contributed by atoms with Crippen molar-refractivity contribution < 1.29 is 18.9 Å². The molecule has 0 N–H and O–H groups in total. The predicted octanol–water partition coefficient (Wildman–Crippen LogP) is 4.09. The highest BCUT2D eigenvalue weighted by Gasteiger charge is 2.38. The van der Waals surface area contributed by atoms with Gasteiger partial charge in [-0.3, -0.25) is 0 Å². The zero-order chi connectivity index (χ0) is 19.0. The summed E-state index contributed by atoms with van der Waals surface area (Å²) >= 11 is 2.90. The summed E-state index contributed by atoms with van der Waals surface area (Å²) in [6.45, 7) is 6.08. The Kier molecular flexibility index (Phi) is 5.07. The van der Waals surface area contributed by atoms with Crippen LogP contribution >= 0.6 is 23.1 Å². The van der Waals surface area contributed by atoms with E-state index in [-0.39, 0.29) is 5.41 Å². The van der Waals surface area contributed by atoms with Gasteiger partial charge in [-0.1, -0.05) is 12.1 Å². The molecule has 4 rings (SSSR count). The van der Waals surface area contributed by atoms with Gasteiger partial charge in [0.2, 0.25) is 0 Å². The Morgan fingerprint density at radius 1 is 1.00 bits per heavy atom. The number of aryl methyl sites for hydroxylation is 2. The molecule has 1 aliphatic heterocycles. The highest BCUT2D eigenvalue weighted by Crippen LogP contribution is 2.51. The molecule has 0 aliphatic carbocycles. The molecule has 27 heavy (non-hydrogen) atoms. The molecular weight excluding hydrogens is 384 g/mol. The van der Waals surface area contributed by atoms with Crippen LogP contribution in [-0.2, 0) is 9.47 Å². The van der Waals surface area contributed by atoms with Crippen molar-refractivity contribution in [2.45, 2.75) is 13.8 Å². The zero-order valence-electron chi connectivity index (χ0n) is 15.8. The van der Waals surface area contributed by atoms with Crippen LogP contribution in [0.2, 0.25) is 0 Å². The third-order valence-corrected chi connectivity index (χ3v) is 6.43. The summed E-state index contributed by atoms with van der Waals surface area (Å²) < 4.78 is 32.3. The molecule has 6 nitrogen and oxygen atoms in total. The molecule has 0 bridgehead atoms. The fourth-order valence-electron chi connectivity index (χ4n) is 3.47. The van der Waals surface area contributed by atoms with Gasteiger partial charge in [-0.15, -0.1) is 11.3 Å². The summed E-state index contributed by atoms with van der Waals surface area (Å²) in [5, 5.41) is 0. The number of aromatic nitrogens is 2. The number of benzene rings is 1. The van der Waals surface area contributed by atoms with Gasteiger partial charge in [0.05, 0.1) is 35.2 Å². The minimum absolute atomic E-state index is 0.339. The Morgan fingerprint density at radius 2 is 1.67 bits per heavy atom. The number of ether oxygens (including phenoxy) is 4. The molecule has 0 fully saturated rings. The fraction of sp³-hybridized carbons (Fsp3) is 0.474. The van der Waals surface area contributed by atoms with E-state index in [0.29, 0.717) is 26.4 Å². The first kappa shape index (κ1) is 18.6. The lowest BCUT2D eigenvalue weighted by atomic mass is 9.92. The van der Waals surface area contributed by atoms with Gasteiger partial charge in [0.25, 0.3) is 0 Å². The monoisotopic (exact) mass is 406 g/mol. The number of fused-ring (bicyclic) bond motifs is 2. The lowest BCUT2D eigenvalue weighted by Gasteiger charge is -2.29. The van der Waals surface area contributed by atoms with E-state index in [1.807, 2.05) is 0 Å². The summed E-state index contributed by atoms with van der Waals surface area (Å²) in [7, 11) is 3.37. The van der Waals surface area contributed by atoms with Gasteiger partial charge in [0, 0.05) is 24.7 Å². The maximum atomic E-state index is 6.31. The molecule has 0 saturated heterocycles. The molecule has 8 heteroatoms. The van der Waals surface area contributed by atoms with Crippen LogP contribution in [-0.4, -0.2) is 49.4 Å². The Bertz CT molecular complexity index is 960. The van der Waals surface area contributed by atoms with Gasteiger partial charge in [0.15, 0.2) is 11.5 Å².